The number of hydrogen-bond donors (Lipinski definition) is 3. The third-order valence-electron chi connectivity index (χ3n) is 2.76. The molecule has 0 spiro atoms. The Hall–Kier alpha value is -1.69. The number of thiophene rings is 1. The first-order valence-corrected chi connectivity index (χ1v) is 6.83. The van der Waals surface area contributed by atoms with Crippen molar-refractivity contribution in [2.75, 3.05) is 6.54 Å². The second-order valence-corrected chi connectivity index (χ2v) is 4.91. The van der Waals surface area contributed by atoms with Crippen LogP contribution in [0, 0.1) is 0 Å². The van der Waals surface area contributed by atoms with Gasteiger partial charge >= 0.3 is 0 Å². The van der Waals surface area contributed by atoms with E-state index in [0.29, 0.717) is 5.56 Å². The van der Waals surface area contributed by atoms with Crippen molar-refractivity contribution >= 4 is 17.2 Å². The molecule has 0 bridgehead atoms. The molecule has 0 radical (unpaired) electrons. The maximum atomic E-state index is 11.7. The van der Waals surface area contributed by atoms with Crippen LogP contribution in [-0.2, 0) is 4.79 Å². The van der Waals surface area contributed by atoms with Crippen LogP contribution in [0.5, 0.6) is 0 Å². The van der Waals surface area contributed by atoms with Gasteiger partial charge in [-0.1, -0.05) is 30.3 Å². The van der Waals surface area contributed by atoms with Gasteiger partial charge in [-0.2, -0.15) is 11.3 Å². The maximum absolute atomic E-state index is 11.7. The molecule has 2 rings (SSSR count). The van der Waals surface area contributed by atoms with Crippen LogP contribution in [-0.4, -0.2) is 22.7 Å². The summed E-state index contributed by atoms with van der Waals surface area (Å²) < 4.78 is 0. The molecule has 0 aliphatic heterocycles. The fourth-order valence-corrected chi connectivity index (χ4v) is 2.37. The molecular formula is C14H15NO3S. The number of hydrogen-bond acceptors (Lipinski definition) is 4. The highest BCUT2D eigenvalue weighted by molar-refractivity contribution is 7.07. The minimum atomic E-state index is -1.21. The molecule has 3 N–H and O–H groups in total. The predicted octanol–water partition coefficient (Wildman–Crippen LogP) is 1.63. The van der Waals surface area contributed by atoms with Gasteiger partial charge in [0.25, 0.3) is 5.91 Å². The average Bonchev–Trinajstić information content (AvgIpc) is 2.98. The smallest absolute Gasteiger partial charge is 0.253 e. The fraction of sp³-hybridized carbons (Fsp3) is 0.214. The lowest BCUT2D eigenvalue weighted by atomic mass is 10.1. The molecule has 100 valence electrons. The number of nitrogens with one attached hydrogen (secondary N) is 1. The van der Waals surface area contributed by atoms with Crippen molar-refractivity contribution in [2.45, 2.75) is 12.2 Å². The molecule has 1 aromatic heterocycles. The SMILES string of the molecule is O=C(NC[C@H](O)c1ccsc1)[C@@H](O)c1ccccc1. The number of rotatable bonds is 5. The van der Waals surface area contributed by atoms with Gasteiger partial charge in [0.15, 0.2) is 6.10 Å². The summed E-state index contributed by atoms with van der Waals surface area (Å²) in [6.45, 7) is 0.0828. The van der Waals surface area contributed by atoms with Crippen molar-refractivity contribution in [3.05, 3.63) is 58.3 Å². The highest BCUT2D eigenvalue weighted by Gasteiger charge is 2.18. The fourth-order valence-electron chi connectivity index (χ4n) is 1.66. The van der Waals surface area contributed by atoms with Gasteiger partial charge in [0.2, 0.25) is 0 Å². The number of benzene rings is 1. The number of aliphatic hydroxyl groups is 2. The standard InChI is InChI=1S/C14H15NO3S/c16-12(11-6-7-19-9-11)8-15-14(18)13(17)10-4-2-1-3-5-10/h1-7,9,12-13,16-17H,8H2,(H,15,18)/t12-,13-/m0/s1. The van der Waals surface area contributed by atoms with E-state index in [0.717, 1.165) is 5.56 Å². The van der Waals surface area contributed by atoms with Gasteiger partial charge in [0, 0.05) is 6.54 Å². The predicted molar refractivity (Wildman–Crippen MR) is 73.7 cm³/mol. The molecule has 19 heavy (non-hydrogen) atoms. The Morgan fingerprint density at radius 2 is 1.89 bits per heavy atom. The molecule has 0 saturated heterocycles. The first-order valence-electron chi connectivity index (χ1n) is 5.89. The summed E-state index contributed by atoms with van der Waals surface area (Å²) >= 11 is 1.48. The minimum Gasteiger partial charge on any atom is -0.387 e. The van der Waals surface area contributed by atoms with E-state index in [-0.39, 0.29) is 6.54 Å². The van der Waals surface area contributed by atoms with Crippen LogP contribution in [0.2, 0.25) is 0 Å². The van der Waals surface area contributed by atoms with Crippen LogP contribution < -0.4 is 5.32 Å². The van der Waals surface area contributed by atoms with Crippen molar-refractivity contribution in [1.82, 2.24) is 5.32 Å². The summed E-state index contributed by atoms with van der Waals surface area (Å²) in [7, 11) is 0. The molecule has 0 aliphatic carbocycles. The van der Waals surface area contributed by atoms with Gasteiger partial charge in [-0.3, -0.25) is 4.79 Å². The van der Waals surface area contributed by atoms with Crippen LogP contribution in [0.4, 0.5) is 0 Å². The van der Waals surface area contributed by atoms with Crippen molar-refractivity contribution in [2.24, 2.45) is 0 Å². The summed E-state index contributed by atoms with van der Waals surface area (Å²) in [4.78, 5) is 11.7. The van der Waals surface area contributed by atoms with Crippen molar-refractivity contribution in [1.29, 1.82) is 0 Å². The maximum Gasteiger partial charge on any atom is 0.253 e. The molecule has 2 aromatic rings. The van der Waals surface area contributed by atoms with Gasteiger partial charge in [0.1, 0.15) is 0 Å². The highest BCUT2D eigenvalue weighted by atomic mass is 32.1. The molecule has 0 aliphatic rings. The Bertz CT molecular complexity index is 513. The van der Waals surface area contributed by atoms with Gasteiger partial charge in [-0.05, 0) is 28.0 Å². The Balaban J connectivity index is 1.88. The van der Waals surface area contributed by atoms with Crippen molar-refractivity contribution in [3.8, 4) is 0 Å². The molecule has 0 unspecified atom stereocenters. The Labute approximate surface area is 115 Å². The van der Waals surface area contributed by atoms with Crippen LogP contribution in [0.3, 0.4) is 0 Å². The molecule has 1 heterocycles. The van der Waals surface area contributed by atoms with Crippen molar-refractivity contribution in [3.63, 3.8) is 0 Å². The zero-order chi connectivity index (χ0) is 13.7. The van der Waals surface area contributed by atoms with Crippen LogP contribution in [0.25, 0.3) is 0 Å². The first-order chi connectivity index (χ1) is 9.18. The molecule has 5 heteroatoms. The summed E-state index contributed by atoms with van der Waals surface area (Å²) in [6.07, 6.45) is -1.96. The van der Waals surface area contributed by atoms with E-state index in [1.807, 2.05) is 16.8 Å². The second kappa shape index (κ2) is 6.47. The molecule has 2 atom stereocenters. The van der Waals surface area contributed by atoms with Gasteiger partial charge in [0.05, 0.1) is 6.10 Å². The lowest BCUT2D eigenvalue weighted by molar-refractivity contribution is -0.130. The van der Waals surface area contributed by atoms with E-state index >= 15 is 0 Å². The van der Waals surface area contributed by atoms with E-state index in [9.17, 15) is 15.0 Å². The lowest BCUT2D eigenvalue weighted by Crippen LogP contribution is -2.32. The topological polar surface area (TPSA) is 69.6 Å². The third kappa shape index (κ3) is 3.64. The summed E-state index contributed by atoms with van der Waals surface area (Å²) in [5, 5.41) is 25.9. The van der Waals surface area contributed by atoms with E-state index in [4.69, 9.17) is 0 Å². The third-order valence-corrected chi connectivity index (χ3v) is 3.46. The largest absolute Gasteiger partial charge is 0.387 e. The zero-order valence-corrected chi connectivity index (χ0v) is 11.0. The molecule has 0 fully saturated rings. The normalized spacial score (nSPS) is 13.8. The average molecular weight is 277 g/mol. The van der Waals surface area contributed by atoms with Gasteiger partial charge in [-0.15, -0.1) is 0 Å². The Morgan fingerprint density at radius 3 is 2.53 bits per heavy atom. The number of carbonyl (C=O) groups is 1. The van der Waals surface area contributed by atoms with Crippen molar-refractivity contribution < 1.29 is 15.0 Å². The van der Waals surface area contributed by atoms with Crippen LogP contribution in [0.1, 0.15) is 23.3 Å². The molecule has 1 amide bonds. The number of aliphatic hydroxyl groups excluding tert-OH is 2. The molecular weight excluding hydrogens is 262 g/mol. The van der Waals surface area contributed by atoms with E-state index < -0.39 is 18.1 Å². The van der Waals surface area contributed by atoms with Crippen LogP contribution in [0.15, 0.2) is 47.2 Å². The quantitative estimate of drug-likeness (QED) is 0.778. The molecule has 1 aromatic carbocycles. The second-order valence-electron chi connectivity index (χ2n) is 4.13. The Morgan fingerprint density at radius 1 is 1.16 bits per heavy atom. The molecule has 4 nitrogen and oxygen atoms in total. The van der Waals surface area contributed by atoms with Gasteiger partial charge < -0.3 is 15.5 Å². The monoisotopic (exact) mass is 277 g/mol. The summed E-state index contributed by atoms with van der Waals surface area (Å²) in [6, 6.07) is 10.5. The van der Waals surface area contributed by atoms with E-state index in [2.05, 4.69) is 5.32 Å². The summed E-state index contributed by atoms with van der Waals surface area (Å²) in [5.74, 6) is -0.513. The Kier molecular flexibility index (Phi) is 4.68. The number of carbonyl (C=O) groups excluding carboxylic acids is 1. The van der Waals surface area contributed by atoms with Crippen LogP contribution >= 0.6 is 11.3 Å². The molecule has 0 saturated carbocycles. The minimum absolute atomic E-state index is 0.0828. The van der Waals surface area contributed by atoms with E-state index in [1.165, 1.54) is 11.3 Å². The number of amides is 1. The lowest BCUT2D eigenvalue weighted by Gasteiger charge is -2.14. The summed E-state index contributed by atoms with van der Waals surface area (Å²) in [5.41, 5.74) is 1.30. The first kappa shape index (κ1) is 13.7. The highest BCUT2D eigenvalue weighted by Crippen LogP contribution is 2.16. The zero-order valence-electron chi connectivity index (χ0n) is 10.2. The van der Waals surface area contributed by atoms with Gasteiger partial charge in [-0.25, -0.2) is 0 Å². The van der Waals surface area contributed by atoms with E-state index in [1.54, 1.807) is 30.3 Å².